The average Bonchev–Trinajstić information content (AvgIpc) is 2.72. The molecule has 1 fully saturated rings. The van der Waals surface area contributed by atoms with Crippen LogP contribution in [0.15, 0.2) is 53.4 Å². The molecule has 1 aliphatic heterocycles. The van der Waals surface area contributed by atoms with Crippen LogP contribution < -0.4 is 0 Å². The summed E-state index contributed by atoms with van der Waals surface area (Å²) in [7, 11) is 0. The fourth-order valence-electron chi connectivity index (χ4n) is 3.16. The highest BCUT2D eigenvalue weighted by atomic mass is 32.2. The van der Waals surface area contributed by atoms with Gasteiger partial charge in [0.05, 0.1) is 0 Å². The SMILES string of the molecule is CCc1ccc(C(=O)N2CCN(C(=O)c3ccc(SC(F)(F)F)cc3)CC2)cc1. The van der Waals surface area contributed by atoms with Gasteiger partial charge < -0.3 is 9.80 Å². The van der Waals surface area contributed by atoms with Crippen LogP contribution in [0.4, 0.5) is 13.2 Å². The molecule has 3 rings (SSSR count). The second-order valence-electron chi connectivity index (χ2n) is 6.71. The first-order chi connectivity index (χ1) is 13.8. The Morgan fingerprint density at radius 1 is 0.828 bits per heavy atom. The van der Waals surface area contributed by atoms with Gasteiger partial charge >= 0.3 is 5.51 Å². The summed E-state index contributed by atoms with van der Waals surface area (Å²) in [4.78, 5) is 28.6. The van der Waals surface area contributed by atoms with Crippen LogP contribution in [0, 0.1) is 0 Å². The van der Waals surface area contributed by atoms with Gasteiger partial charge in [0.1, 0.15) is 0 Å². The average molecular weight is 422 g/mol. The molecule has 0 saturated carbocycles. The van der Waals surface area contributed by atoms with Gasteiger partial charge in [0, 0.05) is 42.2 Å². The number of halogens is 3. The molecule has 1 heterocycles. The molecule has 0 spiro atoms. The van der Waals surface area contributed by atoms with Gasteiger partial charge in [-0.1, -0.05) is 19.1 Å². The van der Waals surface area contributed by atoms with Gasteiger partial charge in [-0.05, 0) is 60.1 Å². The highest BCUT2D eigenvalue weighted by molar-refractivity contribution is 8.00. The number of aryl methyl sites for hydroxylation is 1. The summed E-state index contributed by atoms with van der Waals surface area (Å²) in [5.41, 5.74) is -2.23. The third-order valence-electron chi connectivity index (χ3n) is 4.80. The molecule has 1 aliphatic rings. The fraction of sp³-hybridized carbons (Fsp3) is 0.333. The maximum absolute atomic E-state index is 12.6. The van der Waals surface area contributed by atoms with Crippen molar-refractivity contribution >= 4 is 23.6 Å². The minimum absolute atomic E-state index is 0.0403. The molecule has 154 valence electrons. The van der Waals surface area contributed by atoms with E-state index in [2.05, 4.69) is 6.92 Å². The fourth-order valence-corrected chi connectivity index (χ4v) is 3.70. The maximum Gasteiger partial charge on any atom is 0.446 e. The summed E-state index contributed by atoms with van der Waals surface area (Å²) in [6.07, 6.45) is 0.908. The number of carbonyl (C=O) groups is 2. The number of thioether (sulfide) groups is 1. The highest BCUT2D eigenvalue weighted by Gasteiger charge is 2.29. The molecule has 0 N–H and O–H groups in total. The van der Waals surface area contributed by atoms with E-state index in [1.54, 1.807) is 9.80 Å². The Hall–Kier alpha value is -2.48. The quantitative estimate of drug-likeness (QED) is 0.683. The minimum atomic E-state index is -4.36. The summed E-state index contributed by atoms with van der Waals surface area (Å²) < 4.78 is 37.2. The van der Waals surface area contributed by atoms with Crippen LogP contribution in [0.2, 0.25) is 0 Å². The third kappa shape index (κ3) is 5.53. The number of carbonyl (C=O) groups excluding carboxylic acids is 2. The van der Waals surface area contributed by atoms with Crippen LogP contribution in [0.25, 0.3) is 0 Å². The Kier molecular flexibility index (Phi) is 6.52. The predicted molar refractivity (Wildman–Crippen MR) is 106 cm³/mol. The summed E-state index contributed by atoms with van der Waals surface area (Å²) in [5, 5.41) is 0. The van der Waals surface area contributed by atoms with E-state index in [4.69, 9.17) is 0 Å². The number of hydrogen-bond acceptors (Lipinski definition) is 3. The van der Waals surface area contributed by atoms with Gasteiger partial charge in [-0.2, -0.15) is 13.2 Å². The van der Waals surface area contributed by atoms with Crippen LogP contribution in [0.1, 0.15) is 33.2 Å². The number of amides is 2. The van der Waals surface area contributed by atoms with E-state index in [0.29, 0.717) is 37.3 Å². The number of piperazine rings is 1. The minimum Gasteiger partial charge on any atom is -0.335 e. The first-order valence-electron chi connectivity index (χ1n) is 9.30. The van der Waals surface area contributed by atoms with Crippen molar-refractivity contribution in [3.05, 3.63) is 65.2 Å². The number of rotatable bonds is 4. The first kappa shape index (κ1) is 21.2. The Labute approximate surface area is 171 Å². The van der Waals surface area contributed by atoms with Crippen molar-refractivity contribution < 1.29 is 22.8 Å². The lowest BCUT2D eigenvalue weighted by Crippen LogP contribution is -2.50. The van der Waals surface area contributed by atoms with Crippen LogP contribution in [-0.4, -0.2) is 53.3 Å². The Balaban J connectivity index is 1.57. The molecular weight excluding hydrogens is 401 g/mol. The topological polar surface area (TPSA) is 40.6 Å². The number of hydrogen-bond donors (Lipinski definition) is 0. The largest absolute Gasteiger partial charge is 0.446 e. The van der Waals surface area contributed by atoms with Crippen molar-refractivity contribution in [2.45, 2.75) is 23.7 Å². The summed E-state index contributed by atoms with van der Waals surface area (Å²) in [5.74, 6) is -0.304. The zero-order chi connectivity index (χ0) is 21.0. The smallest absolute Gasteiger partial charge is 0.335 e. The van der Waals surface area contributed by atoms with E-state index < -0.39 is 5.51 Å². The number of nitrogens with zero attached hydrogens (tertiary/aromatic N) is 2. The Bertz CT molecular complexity index is 859. The molecule has 0 aliphatic carbocycles. The molecule has 0 radical (unpaired) electrons. The van der Waals surface area contributed by atoms with E-state index in [0.717, 1.165) is 12.0 Å². The molecule has 0 aromatic heterocycles. The Morgan fingerprint density at radius 3 is 1.62 bits per heavy atom. The molecule has 8 heteroatoms. The zero-order valence-corrected chi connectivity index (χ0v) is 16.7. The number of alkyl halides is 3. The first-order valence-corrected chi connectivity index (χ1v) is 10.1. The zero-order valence-electron chi connectivity index (χ0n) is 15.9. The second kappa shape index (κ2) is 8.90. The summed E-state index contributed by atoms with van der Waals surface area (Å²) in [6.45, 7) is 3.66. The summed E-state index contributed by atoms with van der Waals surface area (Å²) >= 11 is -0.209. The van der Waals surface area contributed by atoms with E-state index in [-0.39, 0.29) is 28.5 Å². The van der Waals surface area contributed by atoms with Gasteiger partial charge in [0.2, 0.25) is 0 Å². The van der Waals surface area contributed by atoms with Crippen molar-refractivity contribution in [2.24, 2.45) is 0 Å². The molecular formula is C21H21F3N2O2S. The van der Waals surface area contributed by atoms with E-state index in [1.807, 2.05) is 24.3 Å². The molecule has 1 saturated heterocycles. The van der Waals surface area contributed by atoms with Crippen LogP contribution >= 0.6 is 11.8 Å². The van der Waals surface area contributed by atoms with Crippen LogP contribution in [0.5, 0.6) is 0 Å². The molecule has 29 heavy (non-hydrogen) atoms. The molecule has 0 bridgehead atoms. The van der Waals surface area contributed by atoms with Gasteiger partial charge in [-0.25, -0.2) is 0 Å². The van der Waals surface area contributed by atoms with Gasteiger partial charge in [0.15, 0.2) is 0 Å². The Morgan fingerprint density at radius 2 is 1.24 bits per heavy atom. The van der Waals surface area contributed by atoms with Crippen molar-refractivity contribution in [3.63, 3.8) is 0 Å². The third-order valence-corrected chi connectivity index (χ3v) is 5.54. The van der Waals surface area contributed by atoms with E-state index in [9.17, 15) is 22.8 Å². The summed E-state index contributed by atoms with van der Waals surface area (Å²) in [6, 6.07) is 12.9. The molecule has 0 unspecified atom stereocenters. The number of benzene rings is 2. The normalized spacial score (nSPS) is 14.8. The molecule has 2 aromatic carbocycles. The second-order valence-corrected chi connectivity index (χ2v) is 7.85. The van der Waals surface area contributed by atoms with Crippen LogP contribution in [0.3, 0.4) is 0 Å². The van der Waals surface area contributed by atoms with Gasteiger partial charge in [-0.3, -0.25) is 9.59 Å². The van der Waals surface area contributed by atoms with Crippen LogP contribution in [-0.2, 0) is 6.42 Å². The molecule has 4 nitrogen and oxygen atoms in total. The highest BCUT2D eigenvalue weighted by Crippen LogP contribution is 2.36. The van der Waals surface area contributed by atoms with Gasteiger partial charge in [-0.15, -0.1) is 0 Å². The molecule has 2 amide bonds. The standard InChI is InChI=1S/C21H21F3N2O2S/c1-2-15-3-5-16(6-4-15)19(27)25-11-13-26(14-12-25)20(28)17-7-9-18(10-8-17)29-21(22,23)24/h3-10H,2,11-14H2,1H3. The predicted octanol–water partition coefficient (Wildman–Crippen LogP) is 4.46. The van der Waals surface area contributed by atoms with Crippen molar-refractivity contribution in [1.29, 1.82) is 0 Å². The van der Waals surface area contributed by atoms with E-state index >= 15 is 0 Å². The monoisotopic (exact) mass is 422 g/mol. The van der Waals surface area contributed by atoms with E-state index in [1.165, 1.54) is 24.3 Å². The van der Waals surface area contributed by atoms with Crippen molar-refractivity contribution in [3.8, 4) is 0 Å². The lowest BCUT2D eigenvalue weighted by molar-refractivity contribution is -0.0328. The molecule has 0 atom stereocenters. The lowest BCUT2D eigenvalue weighted by atomic mass is 10.1. The lowest BCUT2D eigenvalue weighted by Gasteiger charge is -2.35. The maximum atomic E-state index is 12.6. The molecule has 2 aromatic rings. The van der Waals surface area contributed by atoms with Gasteiger partial charge in [0.25, 0.3) is 11.8 Å². The van der Waals surface area contributed by atoms with Crippen molar-refractivity contribution in [2.75, 3.05) is 26.2 Å². The van der Waals surface area contributed by atoms with Crippen molar-refractivity contribution in [1.82, 2.24) is 9.80 Å².